The van der Waals surface area contributed by atoms with Gasteiger partial charge in [0.05, 0.1) is 14.2 Å². The van der Waals surface area contributed by atoms with Crippen molar-refractivity contribution in [3.8, 4) is 22.8 Å². The molecule has 0 saturated carbocycles. The first-order valence-electron chi connectivity index (χ1n) is 6.05. The molecule has 0 radical (unpaired) electrons. The van der Waals surface area contributed by atoms with Crippen LogP contribution >= 0.6 is 0 Å². The number of nitrogen functional groups attached to an aromatic ring is 1. The minimum absolute atomic E-state index is 0.269. The van der Waals surface area contributed by atoms with Gasteiger partial charge in [-0.15, -0.1) is 0 Å². The number of rotatable bonds is 4. The average Bonchev–Trinajstić information content (AvgIpc) is 2.83. The molecule has 0 bridgehead atoms. The Labute approximate surface area is 112 Å². The summed E-state index contributed by atoms with van der Waals surface area (Å²) in [5.74, 6) is 1.93. The van der Waals surface area contributed by atoms with E-state index >= 15 is 0 Å². The van der Waals surface area contributed by atoms with Gasteiger partial charge in [0.25, 0.3) is 0 Å². The normalized spacial score (nSPS) is 10.8. The quantitative estimate of drug-likeness (QED) is 0.916. The number of ether oxygens (including phenoxy) is 2. The standard InChI is InChI=1S/C14H18N2O3/c1-8(2)9-5-10(11-7-13(15)19-16-11)14(18-4)12(6-9)17-3/h5-8H,15H2,1-4H3. The van der Waals surface area contributed by atoms with Crippen molar-refractivity contribution in [1.29, 1.82) is 0 Å². The predicted octanol–water partition coefficient (Wildman–Crippen LogP) is 3.06. The van der Waals surface area contributed by atoms with Gasteiger partial charge in [-0.2, -0.15) is 0 Å². The molecule has 0 aliphatic rings. The summed E-state index contributed by atoms with van der Waals surface area (Å²) >= 11 is 0. The van der Waals surface area contributed by atoms with Crippen LogP contribution in [-0.4, -0.2) is 19.4 Å². The summed E-state index contributed by atoms with van der Waals surface area (Å²) in [7, 11) is 3.21. The van der Waals surface area contributed by atoms with Gasteiger partial charge < -0.3 is 19.7 Å². The van der Waals surface area contributed by atoms with E-state index in [1.165, 1.54) is 0 Å². The molecule has 0 unspecified atom stereocenters. The summed E-state index contributed by atoms with van der Waals surface area (Å²) in [6.07, 6.45) is 0. The molecule has 19 heavy (non-hydrogen) atoms. The number of nitrogens with zero attached hydrogens (tertiary/aromatic N) is 1. The van der Waals surface area contributed by atoms with Crippen LogP contribution in [0.15, 0.2) is 22.7 Å². The highest BCUT2D eigenvalue weighted by molar-refractivity contribution is 5.73. The molecule has 0 atom stereocenters. The number of methoxy groups -OCH3 is 2. The number of nitrogens with two attached hydrogens (primary N) is 1. The van der Waals surface area contributed by atoms with Crippen LogP contribution < -0.4 is 15.2 Å². The molecule has 2 N–H and O–H groups in total. The van der Waals surface area contributed by atoms with E-state index in [0.29, 0.717) is 23.1 Å². The van der Waals surface area contributed by atoms with Crippen molar-refractivity contribution in [2.24, 2.45) is 0 Å². The highest BCUT2D eigenvalue weighted by Crippen LogP contribution is 2.40. The van der Waals surface area contributed by atoms with E-state index in [9.17, 15) is 0 Å². The van der Waals surface area contributed by atoms with Crippen LogP contribution in [0.25, 0.3) is 11.3 Å². The fourth-order valence-corrected chi connectivity index (χ4v) is 1.93. The van der Waals surface area contributed by atoms with Crippen molar-refractivity contribution < 1.29 is 14.0 Å². The average molecular weight is 262 g/mol. The SMILES string of the molecule is COc1cc(C(C)C)cc(-c2cc(N)on2)c1OC. The highest BCUT2D eigenvalue weighted by Gasteiger charge is 2.18. The molecule has 1 aromatic heterocycles. The third-order valence-corrected chi connectivity index (χ3v) is 2.97. The van der Waals surface area contributed by atoms with Crippen LogP contribution in [0, 0.1) is 0 Å². The number of aromatic nitrogens is 1. The number of hydrogen-bond donors (Lipinski definition) is 1. The van der Waals surface area contributed by atoms with Crippen LogP contribution in [0.3, 0.4) is 0 Å². The van der Waals surface area contributed by atoms with Crippen molar-refractivity contribution in [1.82, 2.24) is 5.16 Å². The van der Waals surface area contributed by atoms with Crippen molar-refractivity contribution in [2.45, 2.75) is 19.8 Å². The maximum absolute atomic E-state index is 5.57. The fraction of sp³-hybridized carbons (Fsp3) is 0.357. The minimum atomic E-state index is 0.269. The third kappa shape index (κ3) is 2.50. The monoisotopic (exact) mass is 262 g/mol. The second-order valence-electron chi connectivity index (χ2n) is 4.57. The Bertz CT molecular complexity index is 576. The largest absolute Gasteiger partial charge is 0.493 e. The lowest BCUT2D eigenvalue weighted by atomic mass is 9.98. The molecule has 0 aliphatic heterocycles. The lowest BCUT2D eigenvalue weighted by molar-refractivity contribution is 0.355. The third-order valence-electron chi connectivity index (χ3n) is 2.97. The summed E-state index contributed by atoms with van der Waals surface area (Å²) in [5, 5.41) is 3.93. The van der Waals surface area contributed by atoms with Crippen LogP contribution in [0.2, 0.25) is 0 Å². The zero-order valence-electron chi connectivity index (χ0n) is 11.6. The van der Waals surface area contributed by atoms with E-state index in [1.54, 1.807) is 20.3 Å². The minimum Gasteiger partial charge on any atom is -0.493 e. The summed E-state index contributed by atoms with van der Waals surface area (Å²) in [4.78, 5) is 0. The van der Waals surface area contributed by atoms with Crippen molar-refractivity contribution >= 4 is 5.88 Å². The molecule has 5 nitrogen and oxygen atoms in total. The molecule has 0 saturated heterocycles. The predicted molar refractivity (Wildman–Crippen MR) is 73.5 cm³/mol. The Balaban J connectivity index is 2.65. The Morgan fingerprint density at radius 2 is 1.89 bits per heavy atom. The maximum atomic E-state index is 5.57. The van der Waals surface area contributed by atoms with Crippen LogP contribution in [0.1, 0.15) is 25.3 Å². The smallest absolute Gasteiger partial charge is 0.222 e. The Hall–Kier alpha value is -2.17. The van der Waals surface area contributed by atoms with Gasteiger partial charge in [-0.05, 0) is 23.6 Å². The van der Waals surface area contributed by atoms with Crippen molar-refractivity contribution in [3.63, 3.8) is 0 Å². The van der Waals surface area contributed by atoms with E-state index in [4.69, 9.17) is 19.7 Å². The van der Waals surface area contributed by atoms with E-state index in [-0.39, 0.29) is 5.88 Å². The molecule has 102 valence electrons. The van der Waals surface area contributed by atoms with Gasteiger partial charge in [0.1, 0.15) is 5.69 Å². The van der Waals surface area contributed by atoms with Crippen LogP contribution in [0.5, 0.6) is 11.5 Å². The summed E-state index contributed by atoms with van der Waals surface area (Å²) in [6.45, 7) is 4.23. The van der Waals surface area contributed by atoms with E-state index in [1.807, 2.05) is 12.1 Å². The molecular weight excluding hydrogens is 244 g/mol. The molecule has 0 spiro atoms. The lowest BCUT2D eigenvalue weighted by Crippen LogP contribution is -1.97. The van der Waals surface area contributed by atoms with E-state index in [0.717, 1.165) is 11.1 Å². The van der Waals surface area contributed by atoms with Gasteiger partial charge in [-0.3, -0.25) is 0 Å². The molecule has 0 aliphatic carbocycles. The second-order valence-corrected chi connectivity index (χ2v) is 4.57. The molecule has 1 heterocycles. The first-order chi connectivity index (χ1) is 9.06. The number of hydrogen-bond acceptors (Lipinski definition) is 5. The highest BCUT2D eigenvalue weighted by atomic mass is 16.5. The first kappa shape index (κ1) is 13.3. The summed E-state index contributed by atoms with van der Waals surface area (Å²) in [6, 6.07) is 5.65. The number of anilines is 1. The molecule has 5 heteroatoms. The van der Waals surface area contributed by atoms with Gasteiger partial charge in [0, 0.05) is 11.6 Å². The van der Waals surface area contributed by atoms with E-state index in [2.05, 4.69) is 19.0 Å². The molecule has 0 amide bonds. The topological polar surface area (TPSA) is 70.5 Å². The molecule has 2 aromatic rings. The Morgan fingerprint density at radius 1 is 1.16 bits per heavy atom. The van der Waals surface area contributed by atoms with Crippen LogP contribution in [0.4, 0.5) is 5.88 Å². The number of benzene rings is 1. The van der Waals surface area contributed by atoms with Crippen molar-refractivity contribution in [2.75, 3.05) is 20.0 Å². The maximum Gasteiger partial charge on any atom is 0.222 e. The van der Waals surface area contributed by atoms with Gasteiger partial charge in [-0.1, -0.05) is 19.0 Å². The van der Waals surface area contributed by atoms with Crippen LogP contribution in [-0.2, 0) is 0 Å². The molecule has 0 fully saturated rings. The first-order valence-corrected chi connectivity index (χ1v) is 6.05. The second kappa shape index (κ2) is 5.22. The summed E-state index contributed by atoms with van der Waals surface area (Å²) in [5.41, 5.74) is 8.15. The van der Waals surface area contributed by atoms with E-state index < -0.39 is 0 Å². The molecular formula is C14H18N2O3. The molecule has 1 aromatic carbocycles. The zero-order valence-corrected chi connectivity index (χ0v) is 11.6. The lowest BCUT2D eigenvalue weighted by Gasteiger charge is -2.15. The summed E-state index contributed by atoms with van der Waals surface area (Å²) < 4.78 is 15.7. The van der Waals surface area contributed by atoms with Gasteiger partial charge in [0.15, 0.2) is 11.5 Å². The Morgan fingerprint density at radius 3 is 2.37 bits per heavy atom. The van der Waals surface area contributed by atoms with Crippen molar-refractivity contribution in [3.05, 3.63) is 23.8 Å². The van der Waals surface area contributed by atoms with Gasteiger partial charge in [0.2, 0.25) is 5.88 Å². The Kier molecular flexibility index (Phi) is 3.64. The van der Waals surface area contributed by atoms with Gasteiger partial charge >= 0.3 is 0 Å². The fourth-order valence-electron chi connectivity index (χ4n) is 1.93. The zero-order chi connectivity index (χ0) is 14.0. The molecule has 2 rings (SSSR count). The van der Waals surface area contributed by atoms with Gasteiger partial charge in [-0.25, -0.2) is 0 Å².